The van der Waals surface area contributed by atoms with Crippen LogP contribution in [0.25, 0.3) is 0 Å². The van der Waals surface area contributed by atoms with Gasteiger partial charge >= 0.3 is 21.6 Å². The molecule has 0 bridgehead atoms. The van der Waals surface area contributed by atoms with E-state index >= 15 is 0 Å². The normalized spacial score (nSPS) is 13.1. The summed E-state index contributed by atoms with van der Waals surface area (Å²) in [5, 5.41) is 0. The summed E-state index contributed by atoms with van der Waals surface area (Å²) in [5.74, 6) is -1.54. The lowest BCUT2D eigenvalue weighted by Crippen LogP contribution is -2.28. The molecule has 0 saturated heterocycles. The number of carbonyl (C=O) groups is 1. The Bertz CT molecular complexity index is 846. The van der Waals surface area contributed by atoms with Crippen molar-refractivity contribution in [1.82, 2.24) is 0 Å². The number of carbonyl (C=O) groups excluding carboxylic acids is 1. The first kappa shape index (κ1) is 19.8. The highest BCUT2D eigenvalue weighted by Gasteiger charge is 2.48. The van der Waals surface area contributed by atoms with Gasteiger partial charge in [0.05, 0.1) is 13.0 Å². The Morgan fingerprint density at radius 3 is 2.12 bits per heavy atom. The number of rotatable bonds is 6. The summed E-state index contributed by atoms with van der Waals surface area (Å²) in [6, 6.07) is 13.8. The predicted molar refractivity (Wildman–Crippen MR) is 86.9 cm³/mol. The third kappa shape index (κ3) is 4.75. The fourth-order valence-electron chi connectivity index (χ4n) is 2.26. The summed E-state index contributed by atoms with van der Waals surface area (Å²) in [7, 11) is -4.46. The van der Waals surface area contributed by atoms with E-state index in [1.165, 1.54) is 19.2 Å². The molecule has 1 unspecified atom stereocenters. The van der Waals surface area contributed by atoms with Crippen molar-refractivity contribution in [1.29, 1.82) is 0 Å². The largest absolute Gasteiger partial charge is 0.534 e. The second kappa shape index (κ2) is 7.77. The molecule has 0 amide bonds. The summed E-state index contributed by atoms with van der Waals surface area (Å²) in [4.78, 5) is 12.0. The minimum absolute atomic E-state index is 0.225. The Labute approximate surface area is 148 Å². The van der Waals surface area contributed by atoms with Crippen LogP contribution in [0.15, 0.2) is 54.6 Å². The molecular weight excluding hydrogens is 373 g/mol. The van der Waals surface area contributed by atoms with Gasteiger partial charge in [-0.1, -0.05) is 42.5 Å². The van der Waals surface area contributed by atoms with Crippen molar-refractivity contribution >= 4 is 16.1 Å². The van der Waals surface area contributed by atoms with Crippen molar-refractivity contribution in [3.8, 4) is 5.75 Å². The molecule has 5 nitrogen and oxygen atoms in total. The number of benzene rings is 2. The van der Waals surface area contributed by atoms with Crippen molar-refractivity contribution in [2.45, 2.75) is 17.8 Å². The number of halogens is 3. The monoisotopic (exact) mass is 388 g/mol. The van der Waals surface area contributed by atoms with Crippen LogP contribution in [-0.4, -0.2) is 27.0 Å². The number of hydrogen-bond donors (Lipinski definition) is 0. The van der Waals surface area contributed by atoms with Crippen LogP contribution in [0.3, 0.4) is 0 Å². The summed E-state index contributed by atoms with van der Waals surface area (Å²) >= 11 is 0. The van der Waals surface area contributed by atoms with E-state index in [4.69, 9.17) is 4.74 Å². The number of alkyl halides is 3. The minimum atomic E-state index is -5.72. The second-order valence-electron chi connectivity index (χ2n) is 5.32. The maximum atomic E-state index is 12.3. The molecule has 0 aliphatic heterocycles. The molecule has 2 rings (SSSR count). The minimum Gasteiger partial charge on any atom is -0.469 e. The van der Waals surface area contributed by atoms with Gasteiger partial charge in [-0.25, -0.2) is 0 Å². The first-order chi connectivity index (χ1) is 12.1. The summed E-state index contributed by atoms with van der Waals surface area (Å²) in [6.07, 6.45) is 0.225. The number of hydrogen-bond acceptors (Lipinski definition) is 5. The maximum absolute atomic E-state index is 12.3. The quantitative estimate of drug-likeness (QED) is 0.431. The van der Waals surface area contributed by atoms with Crippen LogP contribution in [0, 0.1) is 0 Å². The molecular formula is C17H15F3O5S. The molecule has 26 heavy (non-hydrogen) atoms. The zero-order valence-corrected chi connectivity index (χ0v) is 14.4. The molecule has 0 radical (unpaired) electrons. The average Bonchev–Trinajstić information content (AvgIpc) is 2.60. The van der Waals surface area contributed by atoms with E-state index < -0.39 is 33.3 Å². The van der Waals surface area contributed by atoms with Gasteiger partial charge in [0.2, 0.25) is 0 Å². The van der Waals surface area contributed by atoms with Gasteiger partial charge in [0.15, 0.2) is 0 Å². The Morgan fingerprint density at radius 2 is 1.62 bits per heavy atom. The second-order valence-corrected chi connectivity index (χ2v) is 6.86. The Kier molecular flexibility index (Phi) is 5.91. The van der Waals surface area contributed by atoms with E-state index in [0.717, 1.165) is 17.7 Å². The Hall–Kier alpha value is -2.55. The van der Waals surface area contributed by atoms with Crippen LogP contribution in [0.4, 0.5) is 13.2 Å². The third-order valence-electron chi connectivity index (χ3n) is 3.54. The molecule has 0 spiro atoms. The lowest BCUT2D eigenvalue weighted by molar-refractivity contribution is -0.142. The molecule has 2 aromatic carbocycles. The van der Waals surface area contributed by atoms with Crippen molar-refractivity contribution in [2.75, 3.05) is 7.11 Å². The number of esters is 1. The zero-order chi connectivity index (χ0) is 19.4. The van der Waals surface area contributed by atoms with Crippen LogP contribution in [0.2, 0.25) is 0 Å². The van der Waals surface area contributed by atoms with E-state index in [1.54, 1.807) is 30.3 Å². The highest BCUT2D eigenvalue weighted by atomic mass is 32.2. The molecule has 0 N–H and O–H groups in total. The predicted octanol–water partition coefficient (Wildman–Crippen LogP) is 3.41. The van der Waals surface area contributed by atoms with Gasteiger partial charge in [-0.05, 0) is 29.7 Å². The molecule has 9 heteroatoms. The van der Waals surface area contributed by atoms with Gasteiger partial charge in [-0.2, -0.15) is 21.6 Å². The van der Waals surface area contributed by atoms with E-state index in [-0.39, 0.29) is 6.42 Å². The molecule has 0 fully saturated rings. The smallest absolute Gasteiger partial charge is 0.469 e. The van der Waals surface area contributed by atoms with Crippen LogP contribution in [0.1, 0.15) is 17.0 Å². The van der Waals surface area contributed by atoms with Crippen LogP contribution >= 0.6 is 0 Å². The topological polar surface area (TPSA) is 69.7 Å². The molecule has 2 aromatic rings. The highest BCUT2D eigenvalue weighted by Crippen LogP contribution is 2.28. The van der Waals surface area contributed by atoms with Gasteiger partial charge in [0.25, 0.3) is 0 Å². The zero-order valence-electron chi connectivity index (χ0n) is 13.6. The van der Waals surface area contributed by atoms with Crippen LogP contribution < -0.4 is 4.18 Å². The highest BCUT2D eigenvalue weighted by molar-refractivity contribution is 7.88. The Balaban J connectivity index is 2.18. The van der Waals surface area contributed by atoms with Gasteiger partial charge in [-0.15, -0.1) is 0 Å². The molecule has 0 heterocycles. The number of ether oxygens (including phenoxy) is 1. The van der Waals surface area contributed by atoms with E-state index in [0.29, 0.717) is 5.56 Å². The first-order valence-electron chi connectivity index (χ1n) is 7.36. The van der Waals surface area contributed by atoms with Gasteiger partial charge < -0.3 is 8.92 Å². The average molecular weight is 388 g/mol. The van der Waals surface area contributed by atoms with E-state index in [9.17, 15) is 26.4 Å². The van der Waals surface area contributed by atoms with E-state index in [2.05, 4.69) is 4.18 Å². The lowest BCUT2D eigenvalue weighted by Gasteiger charge is -2.15. The van der Waals surface area contributed by atoms with E-state index in [1.807, 2.05) is 0 Å². The molecule has 0 aliphatic carbocycles. The standard InChI is InChI=1S/C17H15F3O5S/c1-24-16(21)15(13-5-3-2-4-6-13)11-12-7-9-14(10-8-12)25-26(22,23)17(18,19)20/h2-10,15H,11H2,1H3. The fourth-order valence-corrected chi connectivity index (χ4v) is 2.71. The molecule has 1 atom stereocenters. The fraction of sp³-hybridized carbons (Fsp3) is 0.235. The third-order valence-corrected chi connectivity index (χ3v) is 4.52. The summed E-state index contributed by atoms with van der Waals surface area (Å²) in [5.41, 5.74) is -4.19. The van der Waals surface area contributed by atoms with Gasteiger partial charge in [0.1, 0.15) is 5.75 Å². The molecule has 0 aromatic heterocycles. The number of methoxy groups -OCH3 is 1. The first-order valence-corrected chi connectivity index (χ1v) is 8.77. The SMILES string of the molecule is COC(=O)C(Cc1ccc(OS(=O)(=O)C(F)(F)F)cc1)c1ccccc1. The molecule has 0 saturated carbocycles. The van der Waals surface area contributed by atoms with Crippen LogP contribution in [0.5, 0.6) is 5.75 Å². The lowest BCUT2D eigenvalue weighted by atomic mass is 9.92. The van der Waals surface area contributed by atoms with Crippen molar-refractivity contribution in [3.63, 3.8) is 0 Å². The molecule has 140 valence electrons. The van der Waals surface area contributed by atoms with Crippen LogP contribution in [-0.2, 0) is 26.1 Å². The van der Waals surface area contributed by atoms with Crippen molar-refractivity contribution in [3.05, 3.63) is 65.7 Å². The summed E-state index contributed by atoms with van der Waals surface area (Å²) in [6.45, 7) is 0. The van der Waals surface area contributed by atoms with Gasteiger partial charge in [-0.3, -0.25) is 4.79 Å². The molecule has 0 aliphatic rings. The van der Waals surface area contributed by atoms with Crippen molar-refractivity contribution in [2.24, 2.45) is 0 Å². The van der Waals surface area contributed by atoms with Crippen molar-refractivity contribution < 1.29 is 35.3 Å². The summed E-state index contributed by atoms with van der Waals surface area (Å²) < 4.78 is 67.8. The van der Waals surface area contributed by atoms with Gasteiger partial charge in [0, 0.05) is 0 Å². The Morgan fingerprint density at radius 1 is 1.04 bits per heavy atom. The maximum Gasteiger partial charge on any atom is 0.534 e.